The number of piperidine rings is 1. The van der Waals surface area contributed by atoms with Gasteiger partial charge in [0.2, 0.25) is 5.91 Å². The molecule has 2 N–H and O–H groups in total. The highest BCUT2D eigenvalue weighted by Crippen LogP contribution is 2.25. The molecule has 1 unspecified atom stereocenters. The molecule has 1 saturated heterocycles. The number of likely N-dealkylation sites (N-methyl/N-ethyl adjacent to an activating group) is 1. The summed E-state index contributed by atoms with van der Waals surface area (Å²) in [5, 5.41) is 0. The highest BCUT2D eigenvalue weighted by molar-refractivity contribution is 5.87. The Hall–Kier alpha value is -1.82. The van der Waals surface area contributed by atoms with Crippen molar-refractivity contribution in [1.29, 1.82) is 0 Å². The number of carbonyl (C=O) groups excluding carboxylic acids is 1. The van der Waals surface area contributed by atoms with Crippen LogP contribution >= 0.6 is 24.8 Å². The zero-order chi connectivity index (χ0) is 19.3. The lowest BCUT2D eigenvalue weighted by molar-refractivity contribution is -0.137. The van der Waals surface area contributed by atoms with Crippen LogP contribution in [0.1, 0.15) is 32.3 Å². The van der Waals surface area contributed by atoms with E-state index >= 15 is 0 Å². The zero-order valence-corrected chi connectivity index (χ0v) is 18.8. The van der Waals surface area contributed by atoms with E-state index in [1.165, 1.54) is 0 Å². The second-order valence-electron chi connectivity index (χ2n) is 7.53. The van der Waals surface area contributed by atoms with Gasteiger partial charge in [-0.05, 0) is 50.3 Å². The fraction of sp³-hybridized carbons (Fsp3) is 0.455. The predicted octanol–water partition coefficient (Wildman–Crippen LogP) is 3.86. The van der Waals surface area contributed by atoms with Crippen LogP contribution in [0.2, 0.25) is 0 Å². The molecule has 0 spiro atoms. The normalized spacial score (nSPS) is 16.2. The number of hydrogen-bond donors (Lipinski definition) is 1. The topological polar surface area (TPSA) is 62.5 Å². The van der Waals surface area contributed by atoms with Crippen molar-refractivity contribution in [3.05, 3.63) is 60.3 Å². The van der Waals surface area contributed by atoms with E-state index in [1.54, 1.807) is 0 Å². The van der Waals surface area contributed by atoms with Gasteiger partial charge in [-0.15, -0.1) is 24.8 Å². The minimum atomic E-state index is -0.994. The van der Waals surface area contributed by atoms with Crippen LogP contribution in [0.15, 0.2) is 54.7 Å². The molecule has 1 fully saturated rings. The summed E-state index contributed by atoms with van der Waals surface area (Å²) in [4.78, 5) is 21.8. The number of anilines is 1. The van der Waals surface area contributed by atoms with E-state index in [2.05, 4.69) is 16.0 Å². The number of nitrogens with two attached hydrogens (primary N) is 1. The smallest absolute Gasteiger partial charge is 0.246 e. The van der Waals surface area contributed by atoms with Crippen LogP contribution in [0.5, 0.6) is 0 Å². The molecule has 1 amide bonds. The minimum absolute atomic E-state index is 0. The Kier molecular flexibility index (Phi) is 9.90. The number of benzene rings is 1. The van der Waals surface area contributed by atoms with Crippen LogP contribution in [0, 0.1) is 5.92 Å². The van der Waals surface area contributed by atoms with Crippen LogP contribution in [0.4, 0.5) is 5.82 Å². The zero-order valence-electron chi connectivity index (χ0n) is 17.2. The summed E-state index contributed by atoms with van der Waals surface area (Å²) in [6.45, 7) is 7.25. The van der Waals surface area contributed by atoms with Gasteiger partial charge >= 0.3 is 0 Å². The molecule has 1 aliphatic rings. The van der Waals surface area contributed by atoms with Crippen LogP contribution in [0.3, 0.4) is 0 Å². The molecule has 1 atom stereocenters. The Morgan fingerprint density at radius 1 is 1.14 bits per heavy atom. The average molecular weight is 439 g/mol. The highest BCUT2D eigenvalue weighted by atomic mass is 35.5. The first kappa shape index (κ1) is 25.2. The lowest BCUT2D eigenvalue weighted by atomic mass is 9.90. The van der Waals surface area contributed by atoms with Gasteiger partial charge in [0.05, 0.1) is 0 Å². The van der Waals surface area contributed by atoms with Gasteiger partial charge in [0.1, 0.15) is 11.4 Å². The minimum Gasteiger partial charge on any atom is -0.357 e. The lowest BCUT2D eigenvalue weighted by Crippen LogP contribution is -2.52. The third kappa shape index (κ3) is 6.08. The number of hydrogen-bond acceptors (Lipinski definition) is 4. The van der Waals surface area contributed by atoms with E-state index in [-0.39, 0.29) is 30.7 Å². The molecule has 1 aromatic carbocycles. The molecule has 3 rings (SSSR count). The van der Waals surface area contributed by atoms with Gasteiger partial charge in [-0.3, -0.25) is 4.79 Å². The number of aromatic nitrogens is 1. The quantitative estimate of drug-likeness (QED) is 0.743. The van der Waals surface area contributed by atoms with Gasteiger partial charge in [-0.25, -0.2) is 4.98 Å². The molecule has 0 radical (unpaired) electrons. The van der Waals surface area contributed by atoms with Gasteiger partial charge in [-0.2, -0.15) is 0 Å². The van der Waals surface area contributed by atoms with Crippen LogP contribution in [-0.2, 0) is 10.3 Å². The maximum atomic E-state index is 13.1. The van der Waals surface area contributed by atoms with Crippen molar-refractivity contribution < 1.29 is 4.79 Å². The first-order valence-corrected chi connectivity index (χ1v) is 9.82. The average Bonchev–Trinajstić information content (AvgIpc) is 2.73. The second-order valence-corrected chi connectivity index (χ2v) is 7.53. The third-order valence-corrected chi connectivity index (χ3v) is 5.55. The third-order valence-electron chi connectivity index (χ3n) is 5.55. The highest BCUT2D eigenvalue weighted by Gasteiger charge is 2.35. The number of pyridine rings is 1. The van der Waals surface area contributed by atoms with Gasteiger partial charge in [0.15, 0.2) is 0 Å². The summed E-state index contributed by atoms with van der Waals surface area (Å²) < 4.78 is 0. The molecular formula is C22H32Cl2N4O. The van der Waals surface area contributed by atoms with E-state index in [0.717, 1.165) is 43.9 Å². The van der Waals surface area contributed by atoms with Gasteiger partial charge in [0.25, 0.3) is 0 Å². The van der Waals surface area contributed by atoms with E-state index in [4.69, 9.17) is 5.73 Å². The summed E-state index contributed by atoms with van der Waals surface area (Å²) in [6.07, 6.45) is 3.96. The maximum absolute atomic E-state index is 13.1. The molecule has 5 nitrogen and oxygen atoms in total. The molecule has 160 valence electrons. The number of rotatable bonds is 6. The SMILES string of the molecule is CCN(CC1CCN(c2ccccn2)CC1)C(=O)C(C)(N)c1ccccc1.Cl.Cl. The summed E-state index contributed by atoms with van der Waals surface area (Å²) in [5.41, 5.74) is 6.32. The summed E-state index contributed by atoms with van der Waals surface area (Å²) >= 11 is 0. The fourth-order valence-corrected chi connectivity index (χ4v) is 3.79. The molecule has 0 bridgehead atoms. The monoisotopic (exact) mass is 438 g/mol. The summed E-state index contributed by atoms with van der Waals surface area (Å²) in [7, 11) is 0. The van der Waals surface area contributed by atoms with Gasteiger partial charge in [0, 0.05) is 32.4 Å². The maximum Gasteiger partial charge on any atom is 0.246 e. The van der Waals surface area contributed by atoms with Crippen molar-refractivity contribution in [2.24, 2.45) is 11.7 Å². The molecule has 1 aliphatic heterocycles. The largest absolute Gasteiger partial charge is 0.357 e. The molecule has 2 heterocycles. The Balaban J connectivity index is 0.00000210. The molecule has 1 aromatic heterocycles. The fourth-order valence-electron chi connectivity index (χ4n) is 3.79. The first-order valence-electron chi connectivity index (χ1n) is 9.82. The van der Waals surface area contributed by atoms with Crippen molar-refractivity contribution in [3.8, 4) is 0 Å². The first-order chi connectivity index (χ1) is 13.0. The lowest BCUT2D eigenvalue weighted by Gasteiger charge is -2.37. The molecule has 7 heteroatoms. The Morgan fingerprint density at radius 2 is 1.76 bits per heavy atom. The van der Waals surface area contributed by atoms with Crippen molar-refractivity contribution in [2.45, 2.75) is 32.2 Å². The van der Waals surface area contributed by atoms with Crippen molar-refractivity contribution >= 4 is 36.5 Å². The Bertz CT molecular complexity index is 735. The van der Waals surface area contributed by atoms with E-state index in [1.807, 2.05) is 67.4 Å². The summed E-state index contributed by atoms with van der Waals surface area (Å²) in [6, 6.07) is 15.7. The summed E-state index contributed by atoms with van der Waals surface area (Å²) in [5.74, 6) is 1.54. The number of carbonyl (C=O) groups is 1. The Morgan fingerprint density at radius 3 is 2.31 bits per heavy atom. The van der Waals surface area contributed by atoms with E-state index < -0.39 is 5.54 Å². The standard InChI is InChI=1S/C22H30N4O.2ClH/c1-3-25(21(27)22(2,23)19-9-5-4-6-10-19)17-18-12-15-26(16-13-18)20-11-7-8-14-24-20;;/h4-11,14,18H,3,12-13,15-17,23H2,1-2H3;2*1H. The molecule has 0 saturated carbocycles. The molecular weight excluding hydrogens is 407 g/mol. The van der Waals surface area contributed by atoms with Crippen molar-refractivity contribution in [3.63, 3.8) is 0 Å². The van der Waals surface area contributed by atoms with Gasteiger partial charge < -0.3 is 15.5 Å². The number of amides is 1. The van der Waals surface area contributed by atoms with Crippen LogP contribution in [-0.4, -0.2) is 42.0 Å². The molecule has 2 aromatic rings. The van der Waals surface area contributed by atoms with E-state index in [0.29, 0.717) is 12.5 Å². The van der Waals surface area contributed by atoms with Crippen LogP contribution in [0.25, 0.3) is 0 Å². The molecule has 0 aliphatic carbocycles. The van der Waals surface area contributed by atoms with Crippen LogP contribution < -0.4 is 10.6 Å². The van der Waals surface area contributed by atoms with Crippen molar-refractivity contribution in [2.75, 3.05) is 31.1 Å². The number of halogens is 2. The predicted molar refractivity (Wildman–Crippen MR) is 124 cm³/mol. The van der Waals surface area contributed by atoms with E-state index in [9.17, 15) is 4.79 Å². The molecule has 29 heavy (non-hydrogen) atoms. The number of nitrogens with zero attached hydrogens (tertiary/aromatic N) is 3. The van der Waals surface area contributed by atoms with Gasteiger partial charge in [-0.1, -0.05) is 36.4 Å². The van der Waals surface area contributed by atoms with Crippen molar-refractivity contribution in [1.82, 2.24) is 9.88 Å². The Labute approximate surface area is 186 Å². The second kappa shape index (κ2) is 11.4.